The Labute approximate surface area is 137 Å². The second-order valence-electron chi connectivity index (χ2n) is 5.83. The summed E-state index contributed by atoms with van der Waals surface area (Å²) in [7, 11) is 0. The minimum absolute atomic E-state index is 0.000776. The number of hydrogen-bond donors (Lipinski definition) is 1. The smallest absolute Gasteiger partial charge is 0.159 e. The van der Waals surface area contributed by atoms with Crippen molar-refractivity contribution in [3.05, 3.63) is 29.8 Å². The first-order valence-electron chi connectivity index (χ1n) is 7.88. The Morgan fingerprint density at radius 3 is 2.70 bits per heavy atom. The number of β-amino-alcohol motifs (C(OH)–C–C–N with tert-alkyl or cyclic N) is 1. The number of piperazine rings is 1. The third-order valence-corrected chi connectivity index (χ3v) is 3.93. The maximum Gasteiger partial charge on any atom is 0.159 e. The molecule has 1 heterocycles. The summed E-state index contributed by atoms with van der Waals surface area (Å²) in [5.41, 5.74) is 0.613. The monoisotopic (exact) mass is 316 g/mol. The van der Waals surface area contributed by atoms with E-state index < -0.39 is 6.10 Å². The molecular weight excluding hydrogens is 292 g/mol. The third kappa shape index (κ3) is 5.68. The van der Waals surface area contributed by atoms with Gasteiger partial charge >= 0.3 is 0 Å². The lowest BCUT2D eigenvalue weighted by molar-refractivity contribution is 0.0485. The molecule has 1 saturated heterocycles. The van der Waals surface area contributed by atoms with Gasteiger partial charge in [-0.25, -0.2) is 0 Å². The number of ether oxygens (including phenoxy) is 1. The summed E-state index contributed by atoms with van der Waals surface area (Å²) in [6.07, 6.45) is 4.76. The van der Waals surface area contributed by atoms with Crippen molar-refractivity contribution in [1.29, 1.82) is 0 Å². The number of terminal acetylenes is 1. The summed E-state index contributed by atoms with van der Waals surface area (Å²) in [5, 5.41) is 10.1. The summed E-state index contributed by atoms with van der Waals surface area (Å²) in [5.74, 6) is 3.27. The second kappa shape index (κ2) is 8.68. The molecule has 0 spiro atoms. The Hall–Kier alpha value is -1.87. The second-order valence-corrected chi connectivity index (χ2v) is 5.83. The predicted molar refractivity (Wildman–Crippen MR) is 89.7 cm³/mol. The van der Waals surface area contributed by atoms with E-state index in [0.717, 1.165) is 26.2 Å². The van der Waals surface area contributed by atoms with Crippen LogP contribution in [0.15, 0.2) is 24.3 Å². The minimum atomic E-state index is -0.560. The van der Waals surface area contributed by atoms with Crippen molar-refractivity contribution < 1.29 is 14.6 Å². The van der Waals surface area contributed by atoms with Gasteiger partial charge in [0.15, 0.2) is 5.78 Å². The molecule has 1 atom stereocenters. The van der Waals surface area contributed by atoms with Gasteiger partial charge in [-0.1, -0.05) is 18.1 Å². The van der Waals surface area contributed by atoms with Crippen LogP contribution in [0.4, 0.5) is 0 Å². The normalized spacial score (nSPS) is 17.4. The van der Waals surface area contributed by atoms with Crippen LogP contribution in [0.25, 0.3) is 0 Å². The minimum Gasteiger partial charge on any atom is -0.491 e. The highest BCUT2D eigenvalue weighted by Gasteiger charge is 2.18. The number of rotatable bonds is 7. The first-order chi connectivity index (χ1) is 11.1. The first-order valence-corrected chi connectivity index (χ1v) is 7.88. The number of carbonyl (C=O) groups excluding carboxylic acids is 1. The lowest BCUT2D eigenvalue weighted by atomic mass is 10.1. The summed E-state index contributed by atoms with van der Waals surface area (Å²) < 4.78 is 5.59. The topological polar surface area (TPSA) is 53.0 Å². The molecule has 5 heteroatoms. The van der Waals surface area contributed by atoms with Gasteiger partial charge in [-0.05, 0) is 19.1 Å². The van der Waals surface area contributed by atoms with Crippen LogP contribution >= 0.6 is 0 Å². The molecule has 1 N–H and O–H groups in total. The van der Waals surface area contributed by atoms with E-state index in [9.17, 15) is 9.90 Å². The number of aliphatic hydroxyl groups is 1. The Balaban J connectivity index is 1.73. The Morgan fingerprint density at radius 2 is 2.04 bits per heavy atom. The highest BCUT2D eigenvalue weighted by Crippen LogP contribution is 2.14. The van der Waals surface area contributed by atoms with Crippen LogP contribution in [0.1, 0.15) is 17.3 Å². The molecule has 2 rings (SSSR count). The Kier molecular flexibility index (Phi) is 6.60. The zero-order chi connectivity index (χ0) is 16.7. The van der Waals surface area contributed by atoms with Crippen molar-refractivity contribution in [2.75, 3.05) is 45.9 Å². The lowest BCUT2D eigenvalue weighted by Gasteiger charge is -2.34. The molecule has 124 valence electrons. The van der Waals surface area contributed by atoms with Crippen LogP contribution in [0.5, 0.6) is 5.75 Å². The van der Waals surface area contributed by atoms with Crippen LogP contribution in [-0.2, 0) is 0 Å². The standard InChI is InChI=1S/C18H24N2O3/c1-3-7-19-8-10-20(11-9-19)13-17(22)14-23-18-6-4-5-16(12-18)15(2)21/h1,4-6,12,17,22H,7-11,13-14H2,2H3. The number of Topliss-reactive ketones (excluding diaryl/α,β-unsaturated/α-hetero) is 1. The zero-order valence-electron chi connectivity index (χ0n) is 13.6. The highest BCUT2D eigenvalue weighted by molar-refractivity contribution is 5.94. The maximum absolute atomic E-state index is 11.3. The molecule has 0 saturated carbocycles. The van der Waals surface area contributed by atoms with Gasteiger partial charge in [-0.2, -0.15) is 0 Å². The molecule has 0 aliphatic carbocycles. The number of ketones is 1. The maximum atomic E-state index is 11.3. The molecule has 0 aromatic heterocycles. The SMILES string of the molecule is C#CCN1CCN(CC(O)COc2cccc(C(C)=O)c2)CC1. The summed E-state index contributed by atoms with van der Waals surface area (Å²) in [4.78, 5) is 15.8. The molecule has 1 unspecified atom stereocenters. The predicted octanol–water partition coefficient (Wildman–Crippen LogP) is 0.880. The van der Waals surface area contributed by atoms with Crippen molar-refractivity contribution in [2.45, 2.75) is 13.0 Å². The van der Waals surface area contributed by atoms with Crippen molar-refractivity contribution in [3.8, 4) is 18.1 Å². The van der Waals surface area contributed by atoms with Crippen molar-refractivity contribution in [3.63, 3.8) is 0 Å². The van der Waals surface area contributed by atoms with E-state index >= 15 is 0 Å². The molecule has 1 aromatic carbocycles. The van der Waals surface area contributed by atoms with Gasteiger partial charge in [0.2, 0.25) is 0 Å². The fourth-order valence-electron chi connectivity index (χ4n) is 2.61. The van der Waals surface area contributed by atoms with E-state index in [1.54, 1.807) is 24.3 Å². The number of carbonyl (C=O) groups is 1. The van der Waals surface area contributed by atoms with Gasteiger partial charge in [0.25, 0.3) is 0 Å². The van der Waals surface area contributed by atoms with Crippen molar-refractivity contribution in [1.82, 2.24) is 9.80 Å². The fraction of sp³-hybridized carbons (Fsp3) is 0.500. The lowest BCUT2D eigenvalue weighted by Crippen LogP contribution is -2.49. The largest absolute Gasteiger partial charge is 0.491 e. The van der Waals surface area contributed by atoms with E-state index in [4.69, 9.17) is 11.2 Å². The Bertz CT molecular complexity index is 560. The van der Waals surface area contributed by atoms with Gasteiger partial charge < -0.3 is 9.84 Å². The first kappa shape index (κ1) is 17.5. The average Bonchev–Trinajstić information content (AvgIpc) is 2.55. The summed E-state index contributed by atoms with van der Waals surface area (Å²) in [6, 6.07) is 7.02. The average molecular weight is 316 g/mol. The molecular formula is C18H24N2O3. The van der Waals surface area contributed by atoms with Gasteiger partial charge in [-0.3, -0.25) is 14.6 Å². The van der Waals surface area contributed by atoms with Gasteiger partial charge in [-0.15, -0.1) is 6.42 Å². The number of hydrogen-bond acceptors (Lipinski definition) is 5. The quantitative estimate of drug-likeness (QED) is 0.598. The molecule has 1 aliphatic heterocycles. The molecule has 5 nitrogen and oxygen atoms in total. The molecule has 1 aliphatic rings. The van der Waals surface area contributed by atoms with Gasteiger partial charge in [0, 0.05) is 38.3 Å². The van der Waals surface area contributed by atoms with E-state index in [1.165, 1.54) is 6.92 Å². The molecule has 0 radical (unpaired) electrons. The third-order valence-electron chi connectivity index (χ3n) is 3.93. The molecule has 1 fully saturated rings. The van der Waals surface area contributed by atoms with Crippen LogP contribution in [-0.4, -0.2) is 72.7 Å². The molecule has 1 aromatic rings. The highest BCUT2D eigenvalue weighted by atomic mass is 16.5. The van der Waals surface area contributed by atoms with E-state index in [0.29, 0.717) is 24.4 Å². The fourth-order valence-corrected chi connectivity index (χ4v) is 2.61. The van der Waals surface area contributed by atoms with Crippen molar-refractivity contribution >= 4 is 5.78 Å². The number of nitrogens with zero attached hydrogens (tertiary/aromatic N) is 2. The summed E-state index contributed by atoms with van der Waals surface area (Å²) >= 11 is 0. The number of aliphatic hydroxyl groups excluding tert-OH is 1. The summed E-state index contributed by atoms with van der Waals surface area (Å²) in [6.45, 7) is 6.66. The van der Waals surface area contributed by atoms with Crippen LogP contribution < -0.4 is 4.74 Å². The van der Waals surface area contributed by atoms with E-state index in [-0.39, 0.29) is 12.4 Å². The molecule has 0 amide bonds. The van der Waals surface area contributed by atoms with E-state index in [2.05, 4.69) is 15.7 Å². The number of benzene rings is 1. The van der Waals surface area contributed by atoms with Gasteiger partial charge in [0.05, 0.1) is 6.54 Å². The van der Waals surface area contributed by atoms with E-state index in [1.807, 2.05) is 0 Å². The van der Waals surface area contributed by atoms with Gasteiger partial charge in [0.1, 0.15) is 18.5 Å². The zero-order valence-corrected chi connectivity index (χ0v) is 13.6. The van der Waals surface area contributed by atoms with Crippen LogP contribution in [0, 0.1) is 12.3 Å². The molecule has 0 bridgehead atoms. The van der Waals surface area contributed by atoms with Crippen LogP contribution in [0.2, 0.25) is 0 Å². The van der Waals surface area contributed by atoms with Crippen molar-refractivity contribution in [2.24, 2.45) is 0 Å². The van der Waals surface area contributed by atoms with Crippen LogP contribution in [0.3, 0.4) is 0 Å². The molecule has 23 heavy (non-hydrogen) atoms. The Morgan fingerprint density at radius 1 is 1.35 bits per heavy atom.